The van der Waals surface area contributed by atoms with E-state index in [1.54, 1.807) is 59.9 Å². The van der Waals surface area contributed by atoms with E-state index in [0.717, 1.165) is 64.4 Å². The third kappa shape index (κ3) is 6.49. The number of benzene rings is 10. The number of para-hydroxylation sites is 5. The molecule has 0 saturated heterocycles. The van der Waals surface area contributed by atoms with E-state index in [4.69, 9.17) is 33.1 Å². The molecule has 4 heterocycles. The van der Waals surface area contributed by atoms with Gasteiger partial charge in [-0.3, -0.25) is 0 Å². The van der Waals surface area contributed by atoms with Crippen LogP contribution in [0.25, 0.3) is 137 Å². The fourth-order valence-electron chi connectivity index (χ4n) is 9.49. The first-order valence-corrected chi connectivity index (χ1v) is 23.0. The molecule has 10 aromatic carbocycles. The van der Waals surface area contributed by atoms with Crippen molar-refractivity contribution in [1.29, 1.82) is 0 Å². The van der Waals surface area contributed by atoms with Crippen LogP contribution in [0.15, 0.2) is 235 Å². The van der Waals surface area contributed by atoms with Crippen LogP contribution in [0, 0.1) is 0 Å². The Morgan fingerprint density at radius 2 is 1.03 bits per heavy atom. The third-order valence-electron chi connectivity index (χ3n) is 12.7. The Morgan fingerprint density at radius 3 is 1.93 bits per heavy atom. The van der Waals surface area contributed by atoms with E-state index >= 15 is 0 Å². The van der Waals surface area contributed by atoms with Gasteiger partial charge in [0.15, 0.2) is 17.5 Å². The van der Waals surface area contributed by atoms with Crippen LogP contribution in [0.1, 0.15) is 16.4 Å². The molecule has 0 saturated carbocycles. The Morgan fingerprint density at radius 1 is 0.391 bits per heavy atom. The monoisotopic (exact) mass is 910 g/mol. The lowest BCUT2D eigenvalue weighted by Crippen LogP contribution is -2.03. The maximum Gasteiger partial charge on any atom is 0.166 e. The van der Waals surface area contributed by atoms with Crippen LogP contribution >= 0.6 is 11.3 Å². The van der Waals surface area contributed by atoms with Gasteiger partial charge in [0.2, 0.25) is 0 Å². The average Bonchev–Trinajstić information content (AvgIpc) is 3.56. The lowest BCUT2D eigenvalue weighted by atomic mass is 9.98. The standard InChI is InChI=1S/C63H38N4OS/c1-2-15-39(16-3-1)40-31-33-41(34-32-40)61-64-62(66-63(65-61)52-22-6-10-29-56(52)67-54-27-8-4-19-47(54)48-20-5-9-28-55(48)67)44-18-12-17-42(37-44)46-24-14-26-51-53-38-43(35-36-58(53)69-60(46)51)45-23-13-25-50-49-21-7-11-30-57(49)68-59(45)50/h1-38H/i1D,2D,3D,4D,5D,8D,15D,16D,19D,20D,27D,28D. The van der Waals surface area contributed by atoms with Gasteiger partial charge in [-0.1, -0.05) is 182 Å². The van der Waals surface area contributed by atoms with Crippen molar-refractivity contribution in [3.8, 4) is 73.2 Å². The van der Waals surface area contributed by atoms with Crippen molar-refractivity contribution in [3.63, 3.8) is 0 Å². The van der Waals surface area contributed by atoms with Gasteiger partial charge in [0.1, 0.15) is 11.2 Å². The molecule has 5 nitrogen and oxygen atoms in total. The van der Waals surface area contributed by atoms with Crippen molar-refractivity contribution in [2.75, 3.05) is 0 Å². The van der Waals surface area contributed by atoms with Crippen LogP contribution in [0.2, 0.25) is 0 Å². The summed E-state index contributed by atoms with van der Waals surface area (Å²) in [5.74, 6) is 0.630. The molecule has 0 fully saturated rings. The number of aromatic nitrogens is 4. The Bertz CT molecular complexity index is 5020. The highest BCUT2D eigenvalue weighted by atomic mass is 32.1. The number of nitrogens with zero attached hydrogens (tertiary/aromatic N) is 4. The van der Waals surface area contributed by atoms with Crippen LogP contribution in [0.5, 0.6) is 0 Å². The third-order valence-corrected chi connectivity index (χ3v) is 13.9. The molecule has 0 atom stereocenters. The number of hydrogen-bond donors (Lipinski definition) is 0. The van der Waals surface area contributed by atoms with Gasteiger partial charge in [-0.2, -0.15) is 0 Å². The molecule has 0 unspecified atom stereocenters. The van der Waals surface area contributed by atoms with E-state index in [-0.39, 0.29) is 75.1 Å². The van der Waals surface area contributed by atoms with E-state index in [1.807, 2.05) is 42.5 Å². The lowest BCUT2D eigenvalue weighted by molar-refractivity contribution is 0.670. The van der Waals surface area contributed by atoms with Crippen LogP contribution in [0.3, 0.4) is 0 Å². The first-order valence-electron chi connectivity index (χ1n) is 28.2. The highest BCUT2D eigenvalue weighted by molar-refractivity contribution is 7.26. The zero-order valence-corrected chi connectivity index (χ0v) is 36.9. The van der Waals surface area contributed by atoms with Crippen LogP contribution in [-0.2, 0) is 0 Å². The molecule has 0 radical (unpaired) electrons. The van der Waals surface area contributed by atoms with Gasteiger partial charge in [0.05, 0.1) is 33.2 Å². The van der Waals surface area contributed by atoms with Gasteiger partial charge >= 0.3 is 0 Å². The number of rotatable bonds is 7. The quantitative estimate of drug-likeness (QED) is 0.160. The molecule has 0 aliphatic carbocycles. The van der Waals surface area contributed by atoms with Gasteiger partial charge in [0.25, 0.3) is 0 Å². The first kappa shape index (κ1) is 28.9. The highest BCUT2D eigenvalue weighted by Crippen LogP contribution is 2.44. The molecule has 0 amide bonds. The predicted molar refractivity (Wildman–Crippen MR) is 287 cm³/mol. The molecule has 6 heteroatoms. The molecule has 0 spiro atoms. The minimum absolute atomic E-state index is 0.000775. The summed E-state index contributed by atoms with van der Waals surface area (Å²) < 4.78 is 115. The number of hydrogen-bond acceptors (Lipinski definition) is 5. The summed E-state index contributed by atoms with van der Waals surface area (Å²) in [5.41, 5.74) is 7.98. The van der Waals surface area contributed by atoms with Crippen molar-refractivity contribution < 1.29 is 20.9 Å². The number of fused-ring (bicyclic) bond motifs is 9. The van der Waals surface area contributed by atoms with Crippen LogP contribution in [-0.4, -0.2) is 19.5 Å². The van der Waals surface area contributed by atoms with Gasteiger partial charge in [-0.15, -0.1) is 11.3 Å². The van der Waals surface area contributed by atoms with Gasteiger partial charge < -0.3 is 8.98 Å². The SMILES string of the molecule is [2H]c1cc([2H])c2c(c1[2H])c1c([2H])c([2H])c([2H])c([2H])c1n2-c1ccccc1-c1nc(-c2ccc(-c3c([2H])c([2H])c([2H])c([2H])c3[2H])cc2)nc(-c2cccc(-c3cccc4c3sc3ccc(-c5cccc6c5oc5ccccc56)cc34)c2)n1. The summed E-state index contributed by atoms with van der Waals surface area (Å²) in [7, 11) is 0. The average molecular weight is 911 g/mol. The van der Waals surface area contributed by atoms with Crippen molar-refractivity contribution in [2.45, 2.75) is 0 Å². The highest BCUT2D eigenvalue weighted by Gasteiger charge is 2.21. The largest absolute Gasteiger partial charge is 0.455 e. The van der Waals surface area contributed by atoms with Gasteiger partial charge in [-0.25, -0.2) is 15.0 Å². The Hall–Kier alpha value is -8.97. The molecular formula is C63H38N4OS. The van der Waals surface area contributed by atoms with E-state index in [1.165, 1.54) is 10.6 Å². The second-order valence-electron chi connectivity index (χ2n) is 16.6. The van der Waals surface area contributed by atoms with Crippen molar-refractivity contribution in [1.82, 2.24) is 19.5 Å². The van der Waals surface area contributed by atoms with Crippen LogP contribution in [0.4, 0.5) is 0 Å². The predicted octanol–water partition coefficient (Wildman–Crippen LogP) is 17.2. The Balaban J connectivity index is 0.947. The molecule has 14 rings (SSSR count). The molecule has 4 aromatic heterocycles. The molecule has 0 aliphatic rings. The molecule has 14 aromatic rings. The summed E-state index contributed by atoms with van der Waals surface area (Å²) in [6.07, 6.45) is 0. The topological polar surface area (TPSA) is 56.7 Å². The molecule has 0 bridgehead atoms. The normalized spacial score (nSPS) is 14.2. The Labute approximate surface area is 417 Å². The number of thiophene rings is 1. The molecule has 0 aliphatic heterocycles. The summed E-state index contributed by atoms with van der Waals surface area (Å²) in [4.78, 5) is 15.3. The molecule has 69 heavy (non-hydrogen) atoms. The second kappa shape index (κ2) is 15.8. The second-order valence-corrected chi connectivity index (χ2v) is 17.7. The van der Waals surface area contributed by atoms with Crippen molar-refractivity contribution in [3.05, 3.63) is 230 Å². The maximum atomic E-state index is 9.23. The van der Waals surface area contributed by atoms with Crippen LogP contribution < -0.4 is 0 Å². The smallest absolute Gasteiger partial charge is 0.166 e. The summed E-state index contributed by atoms with van der Waals surface area (Å²) in [6.45, 7) is 0. The van der Waals surface area contributed by atoms with Crippen molar-refractivity contribution in [2.24, 2.45) is 0 Å². The molecule has 0 N–H and O–H groups in total. The summed E-state index contributed by atoms with van der Waals surface area (Å²) >= 11 is 1.70. The lowest BCUT2D eigenvalue weighted by Gasteiger charge is -2.15. The molecular weight excluding hydrogens is 861 g/mol. The zero-order valence-electron chi connectivity index (χ0n) is 48.1. The number of furan rings is 1. The minimum atomic E-state index is -0.515. The fourth-order valence-corrected chi connectivity index (χ4v) is 10.7. The summed E-state index contributed by atoms with van der Waals surface area (Å²) in [5, 5.41) is 4.36. The van der Waals surface area contributed by atoms with Crippen molar-refractivity contribution >= 4 is 75.3 Å². The zero-order chi connectivity index (χ0) is 55.9. The first-order chi connectivity index (χ1) is 39.2. The van der Waals surface area contributed by atoms with E-state index in [0.29, 0.717) is 27.9 Å². The maximum absolute atomic E-state index is 9.23. The fraction of sp³-hybridized carbons (Fsp3) is 0. The molecule has 322 valence electrons. The van der Waals surface area contributed by atoms with E-state index in [2.05, 4.69) is 60.7 Å². The Kier molecular flexibility index (Phi) is 6.64. The summed E-state index contributed by atoms with van der Waals surface area (Å²) in [6, 6.07) is 45.3. The van der Waals surface area contributed by atoms with E-state index in [9.17, 15) is 2.74 Å². The van der Waals surface area contributed by atoms with Gasteiger partial charge in [0, 0.05) is 64.0 Å². The van der Waals surface area contributed by atoms with E-state index < -0.39 is 42.3 Å². The van der Waals surface area contributed by atoms with Gasteiger partial charge in [-0.05, 0) is 76.3 Å². The minimum Gasteiger partial charge on any atom is -0.455 e.